The van der Waals surface area contributed by atoms with Crippen molar-refractivity contribution in [2.75, 3.05) is 32.7 Å². The maximum absolute atomic E-state index is 14.2. The lowest BCUT2D eigenvalue weighted by molar-refractivity contribution is 0.131. The minimum absolute atomic E-state index is 0.0829. The van der Waals surface area contributed by atoms with Gasteiger partial charge in [0.05, 0.1) is 6.21 Å². The topological polar surface area (TPSA) is 56.9 Å². The fraction of sp³-hybridized carbons (Fsp3) is 0.467. The summed E-state index contributed by atoms with van der Waals surface area (Å²) in [6.45, 7) is 7.95. The van der Waals surface area contributed by atoms with E-state index in [-0.39, 0.29) is 10.9 Å². The Kier molecular flexibility index (Phi) is 6.23. The lowest BCUT2D eigenvalue weighted by atomic mass is 10.1. The number of piperazine rings is 1. The number of hydrazone groups is 1. The highest BCUT2D eigenvalue weighted by atomic mass is 32.1. The van der Waals surface area contributed by atoms with Crippen molar-refractivity contribution in [1.82, 2.24) is 15.2 Å². The molecule has 7 heteroatoms. The molecule has 1 aromatic rings. The van der Waals surface area contributed by atoms with Gasteiger partial charge in [0.25, 0.3) is 0 Å². The minimum atomic E-state index is -0.211. The van der Waals surface area contributed by atoms with E-state index in [1.807, 2.05) is 12.1 Å². The van der Waals surface area contributed by atoms with Gasteiger partial charge in [0, 0.05) is 38.3 Å². The standard InChI is InChI=1S/C15H22FN5S/c1-2-20-5-7-21(8-6-20)11-13-4-3-12(9-14(13)16)10-18-19-15(17)22/h3-4,9-10H,2,5-8,11H2,1H3,(H3,17,19,22). The summed E-state index contributed by atoms with van der Waals surface area (Å²) in [5.74, 6) is -0.211. The molecule has 120 valence electrons. The monoisotopic (exact) mass is 323 g/mol. The molecular weight excluding hydrogens is 301 g/mol. The van der Waals surface area contributed by atoms with Crippen molar-refractivity contribution in [2.24, 2.45) is 10.8 Å². The molecule has 1 aliphatic heterocycles. The predicted octanol–water partition coefficient (Wildman–Crippen LogP) is 1.13. The smallest absolute Gasteiger partial charge is 0.184 e. The number of nitrogens with two attached hydrogens (primary N) is 1. The summed E-state index contributed by atoms with van der Waals surface area (Å²) in [6, 6.07) is 5.12. The maximum atomic E-state index is 14.2. The molecule has 0 aliphatic carbocycles. The van der Waals surface area contributed by atoms with E-state index in [1.165, 1.54) is 12.3 Å². The molecule has 5 nitrogen and oxygen atoms in total. The van der Waals surface area contributed by atoms with E-state index < -0.39 is 0 Å². The van der Waals surface area contributed by atoms with Gasteiger partial charge in [0.2, 0.25) is 0 Å². The van der Waals surface area contributed by atoms with Crippen LogP contribution in [0.3, 0.4) is 0 Å². The number of likely N-dealkylation sites (N-methyl/N-ethyl adjacent to an activating group) is 1. The Bertz CT molecular complexity index is 541. The molecule has 0 atom stereocenters. The van der Waals surface area contributed by atoms with Crippen molar-refractivity contribution >= 4 is 23.5 Å². The Labute approximate surface area is 136 Å². The van der Waals surface area contributed by atoms with E-state index >= 15 is 0 Å². The Balaban J connectivity index is 1.92. The third-order valence-corrected chi connectivity index (χ3v) is 3.86. The summed E-state index contributed by atoms with van der Waals surface area (Å²) in [5, 5.41) is 3.90. The SMILES string of the molecule is CCN1CCN(Cc2ccc(C=NNC(N)=S)cc2F)CC1. The van der Waals surface area contributed by atoms with Crippen molar-refractivity contribution in [3.63, 3.8) is 0 Å². The van der Waals surface area contributed by atoms with Gasteiger partial charge in [-0.05, 0) is 30.4 Å². The number of benzene rings is 1. The molecule has 0 saturated carbocycles. The number of halogens is 1. The number of thiocarbonyl (C=S) groups is 1. The van der Waals surface area contributed by atoms with Crippen LogP contribution in [0, 0.1) is 5.82 Å². The molecule has 0 radical (unpaired) electrons. The van der Waals surface area contributed by atoms with Gasteiger partial charge in [-0.15, -0.1) is 0 Å². The Morgan fingerprint density at radius 1 is 1.36 bits per heavy atom. The molecule has 1 aliphatic rings. The van der Waals surface area contributed by atoms with Crippen LogP contribution >= 0.6 is 12.2 Å². The molecule has 1 heterocycles. The summed E-state index contributed by atoms with van der Waals surface area (Å²) >= 11 is 4.64. The van der Waals surface area contributed by atoms with Crippen LogP contribution in [-0.2, 0) is 6.54 Å². The molecule has 22 heavy (non-hydrogen) atoms. The molecule has 0 bridgehead atoms. The van der Waals surface area contributed by atoms with Crippen LogP contribution in [0.2, 0.25) is 0 Å². The van der Waals surface area contributed by atoms with Gasteiger partial charge in [-0.3, -0.25) is 10.3 Å². The van der Waals surface area contributed by atoms with E-state index in [0.29, 0.717) is 17.7 Å². The first-order valence-corrected chi connectivity index (χ1v) is 7.81. The lowest BCUT2D eigenvalue weighted by Crippen LogP contribution is -2.45. The summed E-state index contributed by atoms with van der Waals surface area (Å²) < 4.78 is 14.2. The van der Waals surface area contributed by atoms with Crippen LogP contribution in [0.4, 0.5) is 4.39 Å². The van der Waals surface area contributed by atoms with E-state index in [1.54, 1.807) is 0 Å². The summed E-state index contributed by atoms with van der Waals surface area (Å²) in [7, 11) is 0. The first kappa shape index (κ1) is 16.8. The van der Waals surface area contributed by atoms with Crippen LogP contribution in [-0.4, -0.2) is 53.9 Å². The zero-order chi connectivity index (χ0) is 15.9. The highest BCUT2D eigenvalue weighted by Crippen LogP contribution is 2.13. The largest absolute Gasteiger partial charge is 0.375 e. The average molecular weight is 323 g/mol. The fourth-order valence-electron chi connectivity index (χ4n) is 2.45. The Morgan fingerprint density at radius 2 is 2.05 bits per heavy atom. The third-order valence-electron chi connectivity index (χ3n) is 3.77. The zero-order valence-electron chi connectivity index (χ0n) is 12.8. The highest BCUT2D eigenvalue weighted by Gasteiger charge is 2.16. The minimum Gasteiger partial charge on any atom is -0.375 e. The van der Waals surface area contributed by atoms with Crippen molar-refractivity contribution in [1.29, 1.82) is 0 Å². The van der Waals surface area contributed by atoms with Gasteiger partial charge in [0.15, 0.2) is 5.11 Å². The molecule has 1 aromatic carbocycles. The Morgan fingerprint density at radius 3 is 2.64 bits per heavy atom. The van der Waals surface area contributed by atoms with Gasteiger partial charge < -0.3 is 10.6 Å². The van der Waals surface area contributed by atoms with Crippen LogP contribution < -0.4 is 11.2 Å². The first-order valence-electron chi connectivity index (χ1n) is 7.40. The fourth-order valence-corrected chi connectivity index (χ4v) is 2.50. The molecule has 0 aromatic heterocycles. The molecule has 2 rings (SSSR count). The Hall–Kier alpha value is -1.57. The zero-order valence-corrected chi connectivity index (χ0v) is 13.6. The molecule has 0 spiro atoms. The molecular formula is C15H22FN5S. The summed E-state index contributed by atoms with van der Waals surface area (Å²) in [4.78, 5) is 4.69. The van der Waals surface area contributed by atoms with Crippen LogP contribution in [0.15, 0.2) is 23.3 Å². The molecule has 1 fully saturated rings. The second-order valence-corrected chi connectivity index (χ2v) is 5.74. The predicted molar refractivity (Wildman–Crippen MR) is 91.3 cm³/mol. The summed E-state index contributed by atoms with van der Waals surface area (Å²) in [6.07, 6.45) is 1.49. The number of hydrogen-bond donors (Lipinski definition) is 2. The van der Waals surface area contributed by atoms with Gasteiger partial charge in [-0.1, -0.05) is 19.1 Å². The normalized spacial score (nSPS) is 17.0. The lowest BCUT2D eigenvalue weighted by Gasteiger charge is -2.34. The average Bonchev–Trinajstić information content (AvgIpc) is 2.50. The van der Waals surface area contributed by atoms with E-state index in [0.717, 1.165) is 32.7 Å². The second-order valence-electron chi connectivity index (χ2n) is 5.30. The number of hydrogen-bond acceptors (Lipinski definition) is 4. The van der Waals surface area contributed by atoms with Gasteiger partial charge in [-0.25, -0.2) is 4.39 Å². The van der Waals surface area contributed by atoms with E-state index in [9.17, 15) is 4.39 Å². The van der Waals surface area contributed by atoms with Crippen LogP contribution in [0.5, 0.6) is 0 Å². The maximum Gasteiger partial charge on any atom is 0.184 e. The molecule has 3 N–H and O–H groups in total. The molecule has 1 saturated heterocycles. The van der Waals surface area contributed by atoms with Gasteiger partial charge in [0.1, 0.15) is 5.82 Å². The van der Waals surface area contributed by atoms with Crippen LogP contribution in [0.25, 0.3) is 0 Å². The van der Waals surface area contributed by atoms with E-state index in [4.69, 9.17) is 5.73 Å². The van der Waals surface area contributed by atoms with Gasteiger partial charge in [-0.2, -0.15) is 5.10 Å². The summed E-state index contributed by atoms with van der Waals surface area (Å²) in [5.41, 5.74) is 9.08. The van der Waals surface area contributed by atoms with Crippen molar-refractivity contribution in [2.45, 2.75) is 13.5 Å². The van der Waals surface area contributed by atoms with Gasteiger partial charge >= 0.3 is 0 Å². The third kappa shape index (κ3) is 5.01. The van der Waals surface area contributed by atoms with Crippen molar-refractivity contribution in [3.8, 4) is 0 Å². The van der Waals surface area contributed by atoms with Crippen molar-refractivity contribution in [3.05, 3.63) is 35.1 Å². The highest BCUT2D eigenvalue weighted by molar-refractivity contribution is 7.80. The quantitative estimate of drug-likeness (QED) is 0.483. The first-order chi connectivity index (χ1) is 10.6. The van der Waals surface area contributed by atoms with Crippen LogP contribution in [0.1, 0.15) is 18.1 Å². The van der Waals surface area contributed by atoms with E-state index in [2.05, 4.69) is 39.5 Å². The molecule has 0 unspecified atom stereocenters. The molecule has 0 amide bonds. The number of nitrogens with one attached hydrogen (secondary N) is 1. The number of nitrogens with zero attached hydrogens (tertiary/aromatic N) is 3. The van der Waals surface area contributed by atoms with Crippen molar-refractivity contribution < 1.29 is 4.39 Å². The second kappa shape index (κ2) is 8.17. The number of rotatable bonds is 5.